The molecule has 0 radical (unpaired) electrons. The lowest BCUT2D eigenvalue weighted by Crippen LogP contribution is -2.17. The average molecular weight is 387 g/mol. The largest absolute Gasteiger partial charge is 0.478 e. The van der Waals surface area contributed by atoms with Crippen molar-refractivity contribution in [2.45, 2.75) is 0 Å². The number of nitrogens with one attached hydrogen (secondary N) is 1. The van der Waals surface area contributed by atoms with Gasteiger partial charge in [0.15, 0.2) is 5.69 Å². The Balaban J connectivity index is 2.14. The molecule has 1 amide bonds. The molecule has 0 atom stereocenters. The lowest BCUT2D eigenvalue weighted by molar-refractivity contribution is 0.0697. The Morgan fingerprint density at radius 1 is 1.07 bits per heavy atom. The molecule has 27 heavy (non-hydrogen) atoms. The zero-order chi connectivity index (χ0) is 19.6. The number of para-hydroxylation sites is 1. The number of aromatic nitrogens is 2. The molecule has 0 saturated heterocycles. The quantitative estimate of drug-likeness (QED) is 0.617. The number of benzene rings is 2. The van der Waals surface area contributed by atoms with E-state index in [2.05, 4.69) is 15.5 Å². The molecule has 1 aromatic heterocycles. The van der Waals surface area contributed by atoms with Gasteiger partial charge in [-0.25, -0.2) is 9.18 Å². The number of halogens is 2. The van der Waals surface area contributed by atoms with Crippen molar-refractivity contribution in [2.75, 3.05) is 5.32 Å². The van der Waals surface area contributed by atoms with E-state index in [1.807, 2.05) is 0 Å². The van der Waals surface area contributed by atoms with Crippen molar-refractivity contribution >= 4 is 34.9 Å². The van der Waals surface area contributed by atoms with Crippen LogP contribution in [0.25, 0.3) is 11.3 Å². The van der Waals surface area contributed by atoms with Crippen molar-refractivity contribution < 1.29 is 19.1 Å². The number of carbonyl (C=O) groups excluding carboxylic acids is 1. The summed E-state index contributed by atoms with van der Waals surface area (Å²) in [6, 6.07) is 11.5. The lowest BCUT2D eigenvalue weighted by atomic mass is 10.1. The normalized spacial score (nSPS) is 10.4. The molecule has 0 bridgehead atoms. The molecular weight excluding hydrogens is 375 g/mol. The van der Waals surface area contributed by atoms with Crippen LogP contribution in [0.1, 0.15) is 20.8 Å². The molecule has 9 heteroatoms. The van der Waals surface area contributed by atoms with E-state index in [-0.39, 0.29) is 38.9 Å². The number of nitrogens with zero attached hydrogens (tertiary/aromatic N) is 2. The van der Waals surface area contributed by atoms with Crippen molar-refractivity contribution in [3.8, 4) is 11.3 Å². The van der Waals surface area contributed by atoms with Gasteiger partial charge in [0.2, 0.25) is 0 Å². The molecule has 136 valence electrons. The number of carboxylic acid groups (broad SMARTS) is 1. The highest BCUT2D eigenvalue weighted by molar-refractivity contribution is 6.33. The van der Waals surface area contributed by atoms with E-state index in [1.165, 1.54) is 36.4 Å². The first-order chi connectivity index (χ1) is 12.9. The van der Waals surface area contributed by atoms with Crippen LogP contribution >= 0.6 is 11.6 Å². The highest BCUT2D eigenvalue weighted by Crippen LogP contribution is 2.32. The van der Waals surface area contributed by atoms with Crippen LogP contribution in [0, 0.1) is 5.82 Å². The number of hydrogen-bond acceptors (Lipinski definition) is 5. The third-order valence-electron chi connectivity index (χ3n) is 3.67. The fraction of sp³-hybridized carbons (Fsp3) is 0. The Hall–Kier alpha value is -3.52. The van der Waals surface area contributed by atoms with Crippen molar-refractivity contribution in [2.24, 2.45) is 5.73 Å². The zero-order valence-electron chi connectivity index (χ0n) is 13.6. The highest BCUT2D eigenvalue weighted by Gasteiger charge is 2.19. The predicted molar refractivity (Wildman–Crippen MR) is 97.6 cm³/mol. The summed E-state index contributed by atoms with van der Waals surface area (Å²) in [4.78, 5) is 23.1. The van der Waals surface area contributed by atoms with Gasteiger partial charge in [-0.15, -0.1) is 10.2 Å². The Bertz CT molecular complexity index is 1040. The van der Waals surface area contributed by atoms with E-state index < -0.39 is 17.7 Å². The molecule has 0 fully saturated rings. The van der Waals surface area contributed by atoms with Crippen LogP contribution in [0.15, 0.2) is 48.5 Å². The summed E-state index contributed by atoms with van der Waals surface area (Å²) in [6.07, 6.45) is 0. The number of anilines is 2. The summed E-state index contributed by atoms with van der Waals surface area (Å²) >= 11 is 6.05. The van der Waals surface area contributed by atoms with Gasteiger partial charge in [0, 0.05) is 0 Å². The van der Waals surface area contributed by atoms with Gasteiger partial charge >= 0.3 is 5.97 Å². The van der Waals surface area contributed by atoms with Crippen molar-refractivity contribution in [3.05, 3.63) is 70.6 Å². The lowest BCUT2D eigenvalue weighted by Gasteiger charge is -2.13. The van der Waals surface area contributed by atoms with E-state index in [9.17, 15) is 19.1 Å². The zero-order valence-corrected chi connectivity index (χ0v) is 14.4. The van der Waals surface area contributed by atoms with E-state index in [4.69, 9.17) is 17.3 Å². The van der Waals surface area contributed by atoms with Gasteiger partial charge in [0.05, 0.1) is 33.2 Å². The second-order valence-corrected chi connectivity index (χ2v) is 5.84. The predicted octanol–water partition coefficient (Wildman–Crippen LogP) is 3.48. The van der Waals surface area contributed by atoms with Gasteiger partial charge in [0.25, 0.3) is 5.91 Å². The topological polar surface area (TPSA) is 118 Å². The van der Waals surface area contributed by atoms with Crippen molar-refractivity contribution in [1.29, 1.82) is 0 Å². The average Bonchev–Trinajstić information content (AvgIpc) is 2.62. The summed E-state index contributed by atoms with van der Waals surface area (Å²) < 4.78 is 14.2. The van der Waals surface area contributed by atoms with E-state index in [1.54, 1.807) is 12.1 Å². The van der Waals surface area contributed by atoms with Crippen LogP contribution in [0.2, 0.25) is 5.02 Å². The first kappa shape index (κ1) is 18.3. The molecule has 3 rings (SSSR count). The molecule has 2 aromatic carbocycles. The van der Waals surface area contributed by atoms with Crippen LogP contribution in [-0.4, -0.2) is 27.2 Å². The first-order valence-electron chi connectivity index (χ1n) is 7.59. The molecule has 0 aliphatic carbocycles. The number of rotatable bonds is 5. The summed E-state index contributed by atoms with van der Waals surface area (Å²) in [6.45, 7) is 0. The minimum Gasteiger partial charge on any atom is -0.478 e. The molecule has 3 aromatic rings. The van der Waals surface area contributed by atoms with E-state index in [0.717, 1.165) is 0 Å². The number of carbonyl (C=O) groups is 2. The van der Waals surface area contributed by atoms with Gasteiger partial charge < -0.3 is 16.2 Å². The van der Waals surface area contributed by atoms with Gasteiger partial charge in [-0.05, 0) is 30.3 Å². The molecule has 0 unspecified atom stereocenters. The van der Waals surface area contributed by atoms with Crippen LogP contribution in [0.4, 0.5) is 15.8 Å². The summed E-state index contributed by atoms with van der Waals surface area (Å²) in [7, 11) is 0. The maximum atomic E-state index is 14.2. The second kappa shape index (κ2) is 7.38. The minimum absolute atomic E-state index is 0.00254. The number of carboxylic acids is 1. The second-order valence-electron chi connectivity index (χ2n) is 5.43. The molecule has 0 aliphatic heterocycles. The maximum absolute atomic E-state index is 14.2. The number of amides is 1. The third kappa shape index (κ3) is 3.70. The molecule has 4 N–H and O–H groups in total. The number of nitrogens with two attached hydrogens (primary N) is 1. The Morgan fingerprint density at radius 3 is 2.48 bits per heavy atom. The Morgan fingerprint density at radius 2 is 1.81 bits per heavy atom. The molecule has 0 aliphatic rings. The molecule has 1 heterocycles. The number of hydrogen-bond donors (Lipinski definition) is 3. The summed E-state index contributed by atoms with van der Waals surface area (Å²) in [5.41, 5.74) is 5.38. The van der Waals surface area contributed by atoms with Gasteiger partial charge in [-0.1, -0.05) is 29.8 Å². The standard InChI is InChI=1S/C18H12ClFN4O3/c19-10-5-3-6-11(20)15(10)13-8-14(16(17(21)25)24-23-13)22-12-7-2-1-4-9(12)18(26)27/h1-8H,(H2,21,25)(H,22,23)(H,26,27). The fourth-order valence-corrected chi connectivity index (χ4v) is 2.72. The Labute approximate surface area is 157 Å². The third-order valence-corrected chi connectivity index (χ3v) is 3.99. The monoisotopic (exact) mass is 386 g/mol. The molecular formula is C18H12ClFN4O3. The molecule has 7 nitrogen and oxygen atoms in total. The molecule has 0 saturated carbocycles. The van der Waals surface area contributed by atoms with Crippen LogP contribution in [0.3, 0.4) is 0 Å². The Kier molecular flexibility index (Phi) is 5.00. The fourth-order valence-electron chi connectivity index (χ4n) is 2.46. The molecule has 0 spiro atoms. The van der Waals surface area contributed by atoms with E-state index >= 15 is 0 Å². The SMILES string of the molecule is NC(=O)c1nnc(-c2c(F)cccc2Cl)cc1Nc1ccccc1C(=O)O. The van der Waals surface area contributed by atoms with Gasteiger partial charge in [-0.2, -0.15) is 0 Å². The smallest absolute Gasteiger partial charge is 0.337 e. The van der Waals surface area contributed by atoms with E-state index in [0.29, 0.717) is 0 Å². The van der Waals surface area contributed by atoms with Gasteiger partial charge in [0.1, 0.15) is 5.82 Å². The maximum Gasteiger partial charge on any atom is 0.337 e. The van der Waals surface area contributed by atoms with Gasteiger partial charge in [-0.3, -0.25) is 4.79 Å². The minimum atomic E-state index is -1.17. The van der Waals surface area contributed by atoms with Crippen LogP contribution in [0.5, 0.6) is 0 Å². The van der Waals surface area contributed by atoms with Crippen molar-refractivity contribution in [1.82, 2.24) is 10.2 Å². The first-order valence-corrected chi connectivity index (χ1v) is 7.97. The number of aromatic carboxylic acids is 1. The summed E-state index contributed by atoms with van der Waals surface area (Å²) in [5, 5.41) is 19.8. The summed E-state index contributed by atoms with van der Waals surface area (Å²) in [5.74, 6) is -2.68. The van der Waals surface area contributed by atoms with Crippen molar-refractivity contribution in [3.63, 3.8) is 0 Å². The van der Waals surface area contributed by atoms with Crippen LogP contribution in [-0.2, 0) is 0 Å². The number of primary amides is 1. The highest BCUT2D eigenvalue weighted by atomic mass is 35.5. The van der Waals surface area contributed by atoms with Crippen LogP contribution < -0.4 is 11.1 Å².